The Morgan fingerprint density at radius 1 is 1.16 bits per heavy atom. The molecule has 1 N–H and O–H groups in total. The van der Waals surface area contributed by atoms with E-state index in [0.717, 1.165) is 23.5 Å². The molecular formula is C19H17N3OS2. The Hall–Kier alpha value is -2.44. The van der Waals surface area contributed by atoms with Crippen LogP contribution in [0.4, 0.5) is 0 Å². The van der Waals surface area contributed by atoms with Crippen molar-refractivity contribution in [1.82, 2.24) is 14.9 Å². The Balaban J connectivity index is 1.30. The van der Waals surface area contributed by atoms with E-state index in [2.05, 4.69) is 39.3 Å². The maximum atomic E-state index is 12.2. The van der Waals surface area contributed by atoms with E-state index >= 15 is 0 Å². The van der Waals surface area contributed by atoms with Crippen molar-refractivity contribution < 1.29 is 4.79 Å². The lowest BCUT2D eigenvalue weighted by Gasteiger charge is -2.06. The minimum Gasteiger partial charge on any atom is -0.351 e. The fraction of sp³-hybridized carbons (Fsp3) is 0.158. The highest BCUT2D eigenvalue weighted by atomic mass is 32.1. The van der Waals surface area contributed by atoms with Gasteiger partial charge in [0.1, 0.15) is 10.7 Å². The van der Waals surface area contributed by atoms with Crippen LogP contribution in [0, 0.1) is 0 Å². The number of para-hydroxylation sites is 1. The van der Waals surface area contributed by atoms with Gasteiger partial charge in [0, 0.05) is 41.1 Å². The molecule has 0 aliphatic heterocycles. The lowest BCUT2D eigenvalue weighted by atomic mass is 10.2. The number of fused-ring (bicyclic) bond motifs is 1. The largest absolute Gasteiger partial charge is 0.351 e. The molecule has 3 heterocycles. The third-order valence-electron chi connectivity index (χ3n) is 4.05. The molecule has 0 saturated heterocycles. The lowest BCUT2D eigenvalue weighted by Crippen LogP contribution is -2.25. The van der Waals surface area contributed by atoms with Gasteiger partial charge in [-0.2, -0.15) is 11.3 Å². The molecule has 4 rings (SSSR count). The van der Waals surface area contributed by atoms with E-state index in [1.54, 1.807) is 11.3 Å². The normalized spacial score (nSPS) is 11.0. The number of amides is 1. The lowest BCUT2D eigenvalue weighted by molar-refractivity contribution is 0.0948. The van der Waals surface area contributed by atoms with Gasteiger partial charge in [0.15, 0.2) is 0 Å². The predicted molar refractivity (Wildman–Crippen MR) is 104 cm³/mol. The highest BCUT2D eigenvalue weighted by Crippen LogP contribution is 2.25. The Morgan fingerprint density at radius 3 is 2.96 bits per heavy atom. The number of nitrogens with one attached hydrogen (secondary N) is 1. The Labute approximate surface area is 153 Å². The van der Waals surface area contributed by atoms with Crippen LogP contribution in [-0.2, 0) is 6.54 Å². The van der Waals surface area contributed by atoms with Crippen LogP contribution >= 0.6 is 22.7 Å². The Kier molecular flexibility index (Phi) is 4.63. The van der Waals surface area contributed by atoms with Crippen LogP contribution < -0.4 is 5.32 Å². The van der Waals surface area contributed by atoms with Crippen LogP contribution in [0.25, 0.3) is 21.5 Å². The predicted octanol–water partition coefficient (Wildman–Crippen LogP) is 4.65. The molecule has 1 amide bonds. The van der Waals surface area contributed by atoms with E-state index in [9.17, 15) is 4.79 Å². The number of thiophene rings is 1. The van der Waals surface area contributed by atoms with Gasteiger partial charge < -0.3 is 9.88 Å². The number of aromatic nitrogens is 2. The van der Waals surface area contributed by atoms with Crippen LogP contribution in [0.15, 0.2) is 58.7 Å². The van der Waals surface area contributed by atoms with Gasteiger partial charge in [-0.3, -0.25) is 4.79 Å². The van der Waals surface area contributed by atoms with Crippen molar-refractivity contribution in [2.45, 2.75) is 13.0 Å². The zero-order valence-corrected chi connectivity index (χ0v) is 15.1. The van der Waals surface area contributed by atoms with Gasteiger partial charge in [-0.05, 0) is 35.4 Å². The number of carbonyl (C=O) groups excluding carboxylic acids is 1. The van der Waals surface area contributed by atoms with Gasteiger partial charge in [0.25, 0.3) is 5.91 Å². The van der Waals surface area contributed by atoms with E-state index in [0.29, 0.717) is 12.2 Å². The number of rotatable bonds is 6. The number of hydrogen-bond donors (Lipinski definition) is 1. The van der Waals surface area contributed by atoms with E-state index in [4.69, 9.17) is 0 Å². The summed E-state index contributed by atoms with van der Waals surface area (Å²) in [5, 5.41) is 11.0. The minimum absolute atomic E-state index is 0.102. The first-order valence-electron chi connectivity index (χ1n) is 8.11. The van der Waals surface area contributed by atoms with Gasteiger partial charge in [-0.15, -0.1) is 11.3 Å². The Morgan fingerprint density at radius 2 is 2.08 bits per heavy atom. The molecule has 1 aromatic carbocycles. The van der Waals surface area contributed by atoms with E-state index < -0.39 is 0 Å². The first kappa shape index (κ1) is 16.1. The van der Waals surface area contributed by atoms with Gasteiger partial charge in [-0.25, -0.2) is 4.98 Å². The number of hydrogen-bond acceptors (Lipinski definition) is 4. The molecule has 25 heavy (non-hydrogen) atoms. The standard InChI is InChI=1S/C19H17N3OS2/c23-18(16-13-25-19(21-16)15-7-11-24-12-15)20-8-3-9-22-10-6-14-4-1-2-5-17(14)22/h1-2,4-7,10-13H,3,8-9H2,(H,20,23). The summed E-state index contributed by atoms with van der Waals surface area (Å²) in [6.07, 6.45) is 2.98. The topological polar surface area (TPSA) is 46.9 Å². The first-order valence-corrected chi connectivity index (χ1v) is 9.94. The molecule has 0 aliphatic rings. The second-order valence-corrected chi connectivity index (χ2v) is 7.37. The first-order chi connectivity index (χ1) is 12.3. The molecule has 0 fully saturated rings. The summed E-state index contributed by atoms with van der Waals surface area (Å²) in [5.74, 6) is -0.102. The van der Waals surface area contributed by atoms with Crippen molar-refractivity contribution in [3.63, 3.8) is 0 Å². The van der Waals surface area contributed by atoms with Gasteiger partial charge in [0.2, 0.25) is 0 Å². The summed E-state index contributed by atoms with van der Waals surface area (Å²) in [7, 11) is 0. The number of benzene rings is 1. The van der Waals surface area contributed by atoms with Gasteiger partial charge in [-0.1, -0.05) is 18.2 Å². The minimum atomic E-state index is -0.102. The molecule has 0 saturated carbocycles. The Bertz CT molecular complexity index is 985. The fourth-order valence-electron chi connectivity index (χ4n) is 2.77. The van der Waals surface area contributed by atoms with Crippen molar-refractivity contribution in [2.75, 3.05) is 6.54 Å². The maximum absolute atomic E-state index is 12.2. The molecule has 0 spiro atoms. The highest BCUT2D eigenvalue weighted by molar-refractivity contribution is 7.14. The summed E-state index contributed by atoms with van der Waals surface area (Å²) in [6.45, 7) is 1.52. The number of nitrogens with zero attached hydrogens (tertiary/aromatic N) is 2. The van der Waals surface area contributed by atoms with E-state index in [-0.39, 0.29) is 5.91 Å². The maximum Gasteiger partial charge on any atom is 0.270 e. The summed E-state index contributed by atoms with van der Waals surface area (Å²) < 4.78 is 2.22. The average Bonchev–Trinajstić information content (AvgIpc) is 3.38. The monoisotopic (exact) mass is 367 g/mol. The number of carbonyl (C=O) groups is 1. The molecule has 4 aromatic rings. The SMILES string of the molecule is O=C(NCCCn1ccc2ccccc21)c1csc(-c2ccsc2)n1. The molecule has 0 bridgehead atoms. The summed E-state index contributed by atoms with van der Waals surface area (Å²) in [6, 6.07) is 12.5. The molecule has 126 valence electrons. The third kappa shape index (κ3) is 3.50. The zero-order chi connectivity index (χ0) is 17.1. The quantitative estimate of drug-likeness (QED) is 0.504. The second-order valence-electron chi connectivity index (χ2n) is 5.73. The van der Waals surface area contributed by atoms with Crippen molar-refractivity contribution >= 4 is 39.5 Å². The van der Waals surface area contributed by atoms with Gasteiger partial charge >= 0.3 is 0 Å². The average molecular weight is 367 g/mol. The third-order valence-corrected chi connectivity index (χ3v) is 5.62. The van der Waals surface area contributed by atoms with Gasteiger partial charge in [0.05, 0.1) is 0 Å². The van der Waals surface area contributed by atoms with E-state index in [1.807, 2.05) is 34.3 Å². The second kappa shape index (κ2) is 7.21. The molecule has 6 heteroatoms. The molecule has 3 aromatic heterocycles. The van der Waals surface area contributed by atoms with Crippen molar-refractivity contribution in [3.8, 4) is 10.6 Å². The molecular weight excluding hydrogens is 350 g/mol. The van der Waals surface area contributed by atoms with Crippen molar-refractivity contribution in [1.29, 1.82) is 0 Å². The molecule has 0 atom stereocenters. The summed E-state index contributed by atoms with van der Waals surface area (Å²) in [5.41, 5.74) is 2.81. The van der Waals surface area contributed by atoms with E-state index in [1.165, 1.54) is 22.2 Å². The van der Waals surface area contributed by atoms with Crippen molar-refractivity contribution in [2.24, 2.45) is 0 Å². The molecule has 4 nitrogen and oxygen atoms in total. The molecule has 0 unspecified atom stereocenters. The number of aryl methyl sites for hydroxylation is 1. The van der Waals surface area contributed by atoms with Crippen LogP contribution in [0.5, 0.6) is 0 Å². The number of thiazole rings is 1. The summed E-state index contributed by atoms with van der Waals surface area (Å²) >= 11 is 3.14. The molecule has 0 aliphatic carbocycles. The van der Waals surface area contributed by atoms with Crippen LogP contribution in [-0.4, -0.2) is 22.0 Å². The molecule has 0 radical (unpaired) electrons. The zero-order valence-electron chi connectivity index (χ0n) is 13.5. The van der Waals surface area contributed by atoms with Crippen LogP contribution in [0.3, 0.4) is 0 Å². The van der Waals surface area contributed by atoms with Crippen LogP contribution in [0.1, 0.15) is 16.9 Å². The van der Waals surface area contributed by atoms with Crippen molar-refractivity contribution in [3.05, 3.63) is 64.4 Å². The fourth-order valence-corrected chi connectivity index (χ4v) is 4.29. The van der Waals surface area contributed by atoms with Crippen LogP contribution in [0.2, 0.25) is 0 Å². The highest BCUT2D eigenvalue weighted by Gasteiger charge is 2.11. The smallest absolute Gasteiger partial charge is 0.270 e. The summed E-state index contributed by atoms with van der Waals surface area (Å²) in [4.78, 5) is 16.7.